The molecule has 21 heavy (non-hydrogen) atoms. The van der Waals surface area contributed by atoms with Crippen LogP contribution in [0.1, 0.15) is 25.6 Å². The van der Waals surface area contributed by atoms with Crippen molar-refractivity contribution in [1.82, 2.24) is 14.9 Å². The number of hydrogen-bond donors (Lipinski definition) is 1. The SMILES string of the molecule is CCc1cc2c(N(CC)C(C)CN(C)C)nc(N)nc2s1. The van der Waals surface area contributed by atoms with Gasteiger partial charge in [-0.1, -0.05) is 6.92 Å². The van der Waals surface area contributed by atoms with Gasteiger partial charge in [-0.15, -0.1) is 11.3 Å². The molecule has 0 aliphatic carbocycles. The molecule has 2 aromatic rings. The molecule has 2 aromatic heterocycles. The van der Waals surface area contributed by atoms with Crippen LogP contribution in [0.3, 0.4) is 0 Å². The number of aromatic nitrogens is 2. The number of nitrogens with two attached hydrogens (primary N) is 1. The minimum Gasteiger partial charge on any atom is -0.368 e. The lowest BCUT2D eigenvalue weighted by Gasteiger charge is -2.31. The van der Waals surface area contributed by atoms with Crippen molar-refractivity contribution < 1.29 is 0 Å². The Hall–Kier alpha value is -1.40. The van der Waals surface area contributed by atoms with E-state index in [1.54, 1.807) is 11.3 Å². The lowest BCUT2D eigenvalue weighted by molar-refractivity contribution is 0.372. The summed E-state index contributed by atoms with van der Waals surface area (Å²) >= 11 is 1.71. The van der Waals surface area contributed by atoms with Crippen LogP contribution in [0.15, 0.2) is 6.07 Å². The van der Waals surface area contributed by atoms with E-state index in [1.165, 1.54) is 4.88 Å². The van der Waals surface area contributed by atoms with E-state index >= 15 is 0 Å². The van der Waals surface area contributed by atoms with Crippen molar-refractivity contribution in [2.75, 3.05) is 37.8 Å². The highest BCUT2D eigenvalue weighted by Crippen LogP contribution is 2.32. The first-order valence-electron chi connectivity index (χ1n) is 7.43. The Balaban J connectivity index is 2.49. The summed E-state index contributed by atoms with van der Waals surface area (Å²) in [5.74, 6) is 1.32. The Morgan fingerprint density at radius 1 is 1.29 bits per heavy atom. The van der Waals surface area contributed by atoms with Gasteiger partial charge in [0.1, 0.15) is 10.6 Å². The van der Waals surface area contributed by atoms with Crippen LogP contribution in [0.5, 0.6) is 0 Å². The third-order valence-electron chi connectivity index (χ3n) is 3.56. The minimum absolute atomic E-state index is 0.359. The lowest BCUT2D eigenvalue weighted by Crippen LogP contribution is -2.40. The van der Waals surface area contributed by atoms with Crippen molar-refractivity contribution >= 4 is 33.3 Å². The fourth-order valence-corrected chi connectivity index (χ4v) is 3.63. The molecule has 0 spiro atoms. The number of rotatable bonds is 6. The molecule has 2 N–H and O–H groups in total. The summed E-state index contributed by atoms with van der Waals surface area (Å²) in [7, 11) is 4.18. The topological polar surface area (TPSA) is 58.3 Å². The van der Waals surface area contributed by atoms with Gasteiger partial charge in [-0.05, 0) is 40.4 Å². The van der Waals surface area contributed by atoms with Gasteiger partial charge in [-0.3, -0.25) is 0 Å². The van der Waals surface area contributed by atoms with E-state index < -0.39 is 0 Å². The van der Waals surface area contributed by atoms with Crippen molar-refractivity contribution in [2.45, 2.75) is 33.2 Å². The molecule has 0 aliphatic heterocycles. The molecule has 0 aromatic carbocycles. The zero-order valence-corrected chi connectivity index (χ0v) is 14.4. The Kier molecular flexibility index (Phi) is 5.00. The second kappa shape index (κ2) is 6.58. The molecule has 1 unspecified atom stereocenters. The summed E-state index contributed by atoms with van der Waals surface area (Å²) in [6.45, 7) is 8.42. The van der Waals surface area contributed by atoms with Crippen LogP contribution in [-0.2, 0) is 6.42 Å². The molecular formula is C15H25N5S. The highest BCUT2D eigenvalue weighted by atomic mass is 32.1. The standard InChI is InChI=1S/C15H25N5S/c1-6-11-8-12-13(17-15(16)18-14(12)21-11)20(7-2)10(3)9-19(4)5/h8,10H,6-7,9H2,1-5H3,(H2,16,17,18). The summed E-state index contributed by atoms with van der Waals surface area (Å²) in [6, 6.07) is 2.58. The highest BCUT2D eigenvalue weighted by Gasteiger charge is 2.20. The van der Waals surface area contributed by atoms with Gasteiger partial charge >= 0.3 is 0 Å². The van der Waals surface area contributed by atoms with Gasteiger partial charge in [-0.2, -0.15) is 4.98 Å². The molecule has 6 heteroatoms. The number of nitrogens with zero attached hydrogens (tertiary/aromatic N) is 4. The van der Waals surface area contributed by atoms with Crippen LogP contribution in [0.4, 0.5) is 11.8 Å². The molecule has 0 saturated carbocycles. The number of anilines is 2. The molecule has 0 radical (unpaired) electrons. The Labute approximate surface area is 130 Å². The Morgan fingerprint density at radius 2 is 2.00 bits per heavy atom. The molecule has 116 valence electrons. The maximum Gasteiger partial charge on any atom is 0.223 e. The number of fused-ring (bicyclic) bond motifs is 1. The van der Waals surface area contributed by atoms with Crippen molar-refractivity contribution in [3.05, 3.63) is 10.9 Å². The number of nitrogen functional groups attached to an aromatic ring is 1. The van der Waals surface area contributed by atoms with E-state index in [9.17, 15) is 0 Å². The van der Waals surface area contributed by atoms with E-state index in [0.29, 0.717) is 12.0 Å². The quantitative estimate of drug-likeness (QED) is 0.889. The summed E-state index contributed by atoms with van der Waals surface area (Å²) in [4.78, 5) is 15.7. The number of thiophene rings is 1. The Bertz CT molecular complexity index is 607. The van der Waals surface area contributed by atoms with Gasteiger partial charge in [0.2, 0.25) is 5.95 Å². The zero-order valence-electron chi connectivity index (χ0n) is 13.6. The molecule has 0 saturated heterocycles. The molecule has 2 rings (SSSR count). The Morgan fingerprint density at radius 3 is 2.57 bits per heavy atom. The van der Waals surface area contributed by atoms with E-state index in [1.807, 2.05) is 0 Å². The first-order chi connectivity index (χ1) is 9.96. The van der Waals surface area contributed by atoms with E-state index in [2.05, 4.69) is 60.7 Å². The van der Waals surface area contributed by atoms with Crippen LogP contribution >= 0.6 is 11.3 Å². The van der Waals surface area contributed by atoms with E-state index in [0.717, 1.165) is 35.5 Å². The lowest BCUT2D eigenvalue weighted by atomic mass is 10.2. The number of likely N-dealkylation sites (N-methyl/N-ethyl adjacent to an activating group) is 2. The van der Waals surface area contributed by atoms with Gasteiger partial charge in [0.25, 0.3) is 0 Å². The van der Waals surface area contributed by atoms with Crippen LogP contribution in [-0.4, -0.2) is 48.1 Å². The van der Waals surface area contributed by atoms with Crippen molar-refractivity contribution in [3.63, 3.8) is 0 Å². The minimum atomic E-state index is 0.359. The fraction of sp³-hybridized carbons (Fsp3) is 0.600. The summed E-state index contributed by atoms with van der Waals surface area (Å²) in [5.41, 5.74) is 5.92. The normalized spacial score (nSPS) is 13.0. The molecular weight excluding hydrogens is 282 g/mol. The van der Waals surface area contributed by atoms with Gasteiger partial charge < -0.3 is 15.5 Å². The first-order valence-corrected chi connectivity index (χ1v) is 8.25. The molecule has 0 aliphatic rings. The average Bonchev–Trinajstić information content (AvgIpc) is 2.81. The molecule has 0 amide bonds. The fourth-order valence-electron chi connectivity index (χ4n) is 2.66. The highest BCUT2D eigenvalue weighted by molar-refractivity contribution is 7.18. The second-order valence-electron chi connectivity index (χ2n) is 5.59. The maximum absolute atomic E-state index is 5.92. The van der Waals surface area contributed by atoms with Crippen molar-refractivity contribution in [1.29, 1.82) is 0 Å². The third kappa shape index (κ3) is 3.44. The second-order valence-corrected chi connectivity index (χ2v) is 6.70. The largest absolute Gasteiger partial charge is 0.368 e. The van der Waals surface area contributed by atoms with Crippen LogP contribution in [0.25, 0.3) is 10.2 Å². The van der Waals surface area contributed by atoms with E-state index in [-0.39, 0.29) is 0 Å². The smallest absolute Gasteiger partial charge is 0.223 e. The first kappa shape index (κ1) is 16.0. The monoisotopic (exact) mass is 307 g/mol. The van der Waals surface area contributed by atoms with Crippen molar-refractivity contribution in [3.8, 4) is 0 Å². The summed E-state index contributed by atoms with van der Waals surface area (Å²) in [6.07, 6.45) is 1.01. The van der Waals surface area contributed by atoms with Gasteiger partial charge in [0.15, 0.2) is 0 Å². The maximum atomic E-state index is 5.92. The third-order valence-corrected chi connectivity index (χ3v) is 4.74. The molecule has 0 bridgehead atoms. The summed E-state index contributed by atoms with van der Waals surface area (Å²) < 4.78 is 0. The van der Waals surface area contributed by atoms with Crippen molar-refractivity contribution in [2.24, 2.45) is 0 Å². The van der Waals surface area contributed by atoms with Gasteiger partial charge in [0.05, 0.1) is 5.39 Å². The predicted octanol–water partition coefficient (Wildman–Crippen LogP) is 2.61. The summed E-state index contributed by atoms with van der Waals surface area (Å²) in [5, 5.41) is 1.12. The van der Waals surface area contributed by atoms with Crippen LogP contribution < -0.4 is 10.6 Å². The van der Waals surface area contributed by atoms with Crippen LogP contribution in [0, 0.1) is 0 Å². The predicted molar refractivity (Wildman–Crippen MR) is 92.2 cm³/mol. The average molecular weight is 307 g/mol. The number of hydrogen-bond acceptors (Lipinski definition) is 6. The zero-order chi connectivity index (χ0) is 15.6. The molecule has 1 atom stereocenters. The van der Waals surface area contributed by atoms with E-state index in [4.69, 9.17) is 5.73 Å². The van der Waals surface area contributed by atoms with Gasteiger partial charge in [-0.25, -0.2) is 4.98 Å². The van der Waals surface area contributed by atoms with Crippen LogP contribution in [0.2, 0.25) is 0 Å². The molecule has 0 fully saturated rings. The molecule has 5 nitrogen and oxygen atoms in total. The number of aryl methyl sites for hydroxylation is 1. The van der Waals surface area contributed by atoms with Gasteiger partial charge in [0, 0.05) is 24.0 Å². The molecule has 2 heterocycles.